The van der Waals surface area contributed by atoms with Gasteiger partial charge in [0, 0.05) is 12.1 Å². The highest BCUT2D eigenvalue weighted by molar-refractivity contribution is 5.43. The second kappa shape index (κ2) is 4.90. The van der Waals surface area contributed by atoms with Crippen LogP contribution >= 0.6 is 0 Å². The summed E-state index contributed by atoms with van der Waals surface area (Å²) in [6.45, 7) is 2.99. The Hall–Kier alpha value is -1.46. The van der Waals surface area contributed by atoms with Crippen LogP contribution in [0.2, 0.25) is 0 Å². The number of hydrogen-bond donors (Lipinski definition) is 1. The Labute approximate surface area is 110 Å². The van der Waals surface area contributed by atoms with Gasteiger partial charge in [-0.1, -0.05) is 6.92 Å². The van der Waals surface area contributed by atoms with E-state index in [1.807, 2.05) is 0 Å². The fourth-order valence-corrected chi connectivity index (χ4v) is 1.76. The Morgan fingerprint density at radius 1 is 1.42 bits per heavy atom. The molecule has 1 N–H and O–H groups in total. The first-order valence-corrected chi connectivity index (χ1v) is 6.21. The van der Waals surface area contributed by atoms with Gasteiger partial charge in [-0.15, -0.1) is 0 Å². The van der Waals surface area contributed by atoms with Gasteiger partial charge in [0.15, 0.2) is 6.61 Å². The number of rotatable bonds is 5. The van der Waals surface area contributed by atoms with E-state index >= 15 is 0 Å². The van der Waals surface area contributed by atoms with Gasteiger partial charge < -0.3 is 10.1 Å². The first-order valence-electron chi connectivity index (χ1n) is 6.21. The van der Waals surface area contributed by atoms with Crippen molar-refractivity contribution in [1.82, 2.24) is 4.98 Å². The largest absolute Gasteiger partial charge is 0.468 e. The summed E-state index contributed by atoms with van der Waals surface area (Å²) in [7, 11) is 0. The molecule has 0 bridgehead atoms. The Kier molecular flexibility index (Phi) is 3.60. The van der Waals surface area contributed by atoms with Gasteiger partial charge in [-0.2, -0.15) is 13.2 Å². The maximum atomic E-state index is 12.0. The summed E-state index contributed by atoms with van der Waals surface area (Å²) in [5.74, 6) is -0.0202. The minimum Gasteiger partial charge on any atom is -0.468 e. The van der Waals surface area contributed by atoms with E-state index in [-0.39, 0.29) is 5.88 Å². The Balaban J connectivity index is 1.87. The normalized spacial score (nSPS) is 18.8. The SMILES string of the molecule is CC(Nc1ccc(OCC(F)(F)F)nc1)C1(C)CC1. The zero-order chi connectivity index (χ0) is 14.1. The lowest BCUT2D eigenvalue weighted by molar-refractivity contribution is -0.154. The highest BCUT2D eigenvalue weighted by Gasteiger charge is 2.42. The van der Waals surface area contributed by atoms with Gasteiger partial charge in [-0.05, 0) is 31.2 Å². The molecule has 0 amide bonds. The lowest BCUT2D eigenvalue weighted by Crippen LogP contribution is -2.25. The predicted molar refractivity (Wildman–Crippen MR) is 66.2 cm³/mol. The van der Waals surface area contributed by atoms with E-state index in [0.717, 1.165) is 5.69 Å². The number of nitrogens with zero attached hydrogens (tertiary/aromatic N) is 1. The molecule has 0 saturated heterocycles. The molecular formula is C13H17F3N2O. The van der Waals surface area contributed by atoms with Gasteiger partial charge >= 0.3 is 6.18 Å². The number of anilines is 1. The highest BCUT2D eigenvalue weighted by atomic mass is 19.4. The molecule has 6 heteroatoms. The van der Waals surface area contributed by atoms with Crippen molar-refractivity contribution in [1.29, 1.82) is 0 Å². The first-order chi connectivity index (χ1) is 8.78. The van der Waals surface area contributed by atoms with Gasteiger partial charge in [0.2, 0.25) is 5.88 Å². The van der Waals surface area contributed by atoms with Crippen molar-refractivity contribution in [2.75, 3.05) is 11.9 Å². The minimum absolute atomic E-state index is 0.0202. The molecule has 1 saturated carbocycles. The maximum absolute atomic E-state index is 12.0. The van der Waals surface area contributed by atoms with Gasteiger partial charge in [-0.3, -0.25) is 0 Å². The molecule has 1 aliphatic rings. The van der Waals surface area contributed by atoms with Crippen LogP contribution in [-0.4, -0.2) is 23.8 Å². The van der Waals surface area contributed by atoms with Crippen molar-refractivity contribution in [2.45, 2.75) is 38.9 Å². The average molecular weight is 274 g/mol. The zero-order valence-electron chi connectivity index (χ0n) is 10.9. The minimum atomic E-state index is -4.34. The zero-order valence-corrected chi connectivity index (χ0v) is 10.9. The average Bonchev–Trinajstić information content (AvgIpc) is 3.07. The third-order valence-corrected chi connectivity index (χ3v) is 3.59. The van der Waals surface area contributed by atoms with E-state index in [0.29, 0.717) is 11.5 Å². The molecule has 0 spiro atoms. The molecule has 1 atom stereocenters. The van der Waals surface area contributed by atoms with Crippen LogP contribution in [0.15, 0.2) is 18.3 Å². The molecule has 0 aromatic carbocycles. The van der Waals surface area contributed by atoms with E-state index in [9.17, 15) is 13.2 Å². The first kappa shape index (κ1) is 14.0. The van der Waals surface area contributed by atoms with E-state index in [4.69, 9.17) is 0 Å². The summed E-state index contributed by atoms with van der Waals surface area (Å²) < 4.78 is 40.4. The van der Waals surface area contributed by atoms with Gasteiger partial charge in [0.25, 0.3) is 0 Å². The van der Waals surface area contributed by atoms with Crippen molar-refractivity contribution in [2.24, 2.45) is 5.41 Å². The van der Waals surface area contributed by atoms with Crippen LogP contribution in [0.3, 0.4) is 0 Å². The number of pyridine rings is 1. The standard InChI is InChI=1S/C13H17F3N2O/c1-9(12(2)5-6-12)18-10-3-4-11(17-7-10)19-8-13(14,15)16/h3-4,7,9,18H,5-6,8H2,1-2H3. The molecule has 1 unspecified atom stereocenters. The fourth-order valence-electron chi connectivity index (χ4n) is 1.76. The van der Waals surface area contributed by atoms with E-state index < -0.39 is 12.8 Å². The topological polar surface area (TPSA) is 34.1 Å². The number of hydrogen-bond acceptors (Lipinski definition) is 3. The lowest BCUT2D eigenvalue weighted by Gasteiger charge is -2.21. The molecule has 1 aromatic rings. The van der Waals surface area contributed by atoms with Crippen molar-refractivity contribution < 1.29 is 17.9 Å². The summed E-state index contributed by atoms with van der Waals surface area (Å²) in [6.07, 6.45) is -0.454. The predicted octanol–water partition coefficient (Wildman–Crippen LogP) is 3.62. The van der Waals surface area contributed by atoms with Crippen LogP contribution in [0.25, 0.3) is 0 Å². The summed E-state index contributed by atoms with van der Waals surface area (Å²) in [6, 6.07) is 3.44. The quantitative estimate of drug-likeness (QED) is 0.890. The summed E-state index contributed by atoms with van der Waals surface area (Å²) in [5.41, 5.74) is 1.12. The molecular weight excluding hydrogens is 257 g/mol. The highest BCUT2D eigenvalue weighted by Crippen LogP contribution is 2.48. The summed E-state index contributed by atoms with van der Waals surface area (Å²) >= 11 is 0. The molecule has 1 heterocycles. The van der Waals surface area contributed by atoms with Crippen molar-refractivity contribution >= 4 is 5.69 Å². The van der Waals surface area contributed by atoms with Crippen LogP contribution in [-0.2, 0) is 0 Å². The van der Waals surface area contributed by atoms with Crippen LogP contribution in [0.1, 0.15) is 26.7 Å². The van der Waals surface area contributed by atoms with Crippen molar-refractivity contribution in [3.05, 3.63) is 18.3 Å². The van der Waals surface area contributed by atoms with Crippen LogP contribution < -0.4 is 10.1 Å². The van der Waals surface area contributed by atoms with Gasteiger partial charge in [0.05, 0.1) is 11.9 Å². The molecule has 2 rings (SSSR count). The molecule has 1 aliphatic carbocycles. The van der Waals surface area contributed by atoms with Crippen LogP contribution in [0.4, 0.5) is 18.9 Å². The Morgan fingerprint density at radius 3 is 2.58 bits per heavy atom. The summed E-state index contributed by atoms with van der Waals surface area (Å²) in [4.78, 5) is 3.85. The number of aromatic nitrogens is 1. The van der Waals surface area contributed by atoms with E-state index in [2.05, 4.69) is 28.9 Å². The molecule has 1 aromatic heterocycles. The number of nitrogens with one attached hydrogen (secondary N) is 1. The molecule has 106 valence electrons. The third kappa shape index (κ3) is 4.01. The van der Waals surface area contributed by atoms with Gasteiger partial charge in [0.1, 0.15) is 0 Å². The van der Waals surface area contributed by atoms with E-state index in [1.165, 1.54) is 25.1 Å². The van der Waals surface area contributed by atoms with E-state index in [1.54, 1.807) is 6.07 Å². The second-order valence-corrected chi connectivity index (χ2v) is 5.31. The Bertz CT molecular complexity index is 427. The molecule has 3 nitrogen and oxygen atoms in total. The van der Waals surface area contributed by atoms with Crippen molar-refractivity contribution in [3.63, 3.8) is 0 Å². The van der Waals surface area contributed by atoms with Crippen LogP contribution in [0.5, 0.6) is 5.88 Å². The monoisotopic (exact) mass is 274 g/mol. The smallest absolute Gasteiger partial charge is 0.422 e. The number of halogens is 3. The molecule has 1 fully saturated rings. The number of alkyl halides is 3. The van der Waals surface area contributed by atoms with Crippen molar-refractivity contribution in [3.8, 4) is 5.88 Å². The van der Waals surface area contributed by atoms with Gasteiger partial charge in [-0.25, -0.2) is 4.98 Å². The molecule has 0 aliphatic heterocycles. The summed E-state index contributed by atoms with van der Waals surface area (Å²) in [5, 5.41) is 3.30. The fraction of sp³-hybridized carbons (Fsp3) is 0.615. The second-order valence-electron chi connectivity index (χ2n) is 5.31. The van der Waals surface area contributed by atoms with Crippen LogP contribution in [0, 0.1) is 5.41 Å². The lowest BCUT2D eigenvalue weighted by atomic mass is 10.0. The Morgan fingerprint density at radius 2 is 2.11 bits per heavy atom. The number of ether oxygens (including phenoxy) is 1. The molecule has 0 radical (unpaired) electrons. The third-order valence-electron chi connectivity index (χ3n) is 3.59. The maximum Gasteiger partial charge on any atom is 0.422 e. The molecule has 19 heavy (non-hydrogen) atoms.